The summed E-state index contributed by atoms with van der Waals surface area (Å²) in [4.78, 5) is 4.29. The molecule has 1 aromatic carbocycles. The summed E-state index contributed by atoms with van der Waals surface area (Å²) >= 11 is 3.20. The van der Waals surface area contributed by atoms with E-state index in [2.05, 4.69) is 26.2 Å². The third-order valence-corrected chi connectivity index (χ3v) is 3.58. The van der Waals surface area contributed by atoms with Crippen molar-refractivity contribution in [2.24, 2.45) is 0 Å². The number of aromatic nitrogens is 2. The van der Waals surface area contributed by atoms with Crippen LogP contribution in [0, 0.1) is 12.7 Å². The molecule has 0 bridgehead atoms. The lowest BCUT2D eigenvalue weighted by Crippen LogP contribution is -2.06. The molecule has 108 valence electrons. The van der Waals surface area contributed by atoms with Gasteiger partial charge >= 0.3 is 0 Å². The van der Waals surface area contributed by atoms with Gasteiger partial charge in [0.1, 0.15) is 5.82 Å². The number of hydrogen-bond acceptors (Lipinski definition) is 3. The average molecular weight is 342 g/mol. The summed E-state index contributed by atoms with van der Waals surface area (Å²) in [5, 5.41) is 3.23. The Morgan fingerprint density at radius 1 is 1.45 bits per heavy atom. The van der Waals surface area contributed by atoms with Crippen LogP contribution in [0.3, 0.4) is 0 Å². The Hall–Kier alpha value is -1.40. The fourth-order valence-corrected chi connectivity index (χ4v) is 2.24. The molecule has 0 fully saturated rings. The minimum absolute atomic E-state index is 0.267. The standard InChI is InChI=1S/C14H17BrFN3O/c1-10-8-12(16)11(15)9-13(10)18-14-17-4-6-19(14)5-3-7-20-2/h4,6,8-9H,3,5,7H2,1-2H3,(H,17,18). The summed E-state index contributed by atoms with van der Waals surface area (Å²) < 4.78 is 20.9. The fraction of sp³-hybridized carbons (Fsp3) is 0.357. The average Bonchev–Trinajstić information content (AvgIpc) is 2.84. The quantitative estimate of drug-likeness (QED) is 0.810. The number of rotatable bonds is 6. The lowest BCUT2D eigenvalue weighted by molar-refractivity contribution is 0.190. The van der Waals surface area contributed by atoms with Gasteiger partial charge in [-0.05, 0) is 47.0 Å². The van der Waals surface area contributed by atoms with E-state index in [1.165, 1.54) is 6.07 Å². The number of aryl methyl sites for hydroxylation is 2. The molecule has 0 aliphatic rings. The van der Waals surface area contributed by atoms with Crippen molar-refractivity contribution in [3.63, 3.8) is 0 Å². The molecular formula is C14H17BrFN3O. The SMILES string of the molecule is COCCCn1ccnc1Nc1cc(Br)c(F)cc1C. The maximum Gasteiger partial charge on any atom is 0.207 e. The monoisotopic (exact) mass is 341 g/mol. The molecule has 2 rings (SSSR count). The third-order valence-electron chi connectivity index (χ3n) is 2.98. The van der Waals surface area contributed by atoms with Gasteiger partial charge in [0.2, 0.25) is 5.95 Å². The lowest BCUT2D eigenvalue weighted by atomic mass is 10.2. The Morgan fingerprint density at radius 3 is 3.00 bits per heavy atom. The van der Waals surface area contributed by atoms with Crippen molar-refractivity contribution in [3.05, 3.63) is 40.4 Å². The second kappa shape index (κ2) is 6.85. The molecule has 0 atom stereocenters. The van der Waals surface area contributed by atoms with Crippen molar-refractivity contribution in [1.82, 2.24) is 9.55 Å². The molecule has 0 amide bonds. The Morgan fingerprint density at radius 2 is 2.25 bits per heavy atom. The van der Waals surface area contributed by atoms with Crippen LogP contribution in [0.1, 0.15) is 12.0 Å². The number of methoxy groups -OCH3 is 1. The van der Waals surface area contributed by atoms with Crippen molar-refractivity contribution in [2.45, 2.75) is 19.9 Å². The van der Waals surface area contributed by atoms with Gasteiger partial charge in [-0.3, -0.25) is 0 Å². The Bertz CT molecular complexity index is 586. The van der Waals surface area contributed by atoms with E-state index in [9.17, 15) is 4.39 Å². The second-order valence-electron chi connectivity index (χ2n) is 4.50. The highest BCUT2D eigenvalue weighted by atomic mass is 79.9. The van der Waals surface area contributed by atoms with Crippen LogP contribution in [0.15, 0.2) is 29.0 Å². The number of hydrogen-bond donors (Lipinski definition) is 1. The number of anilines is 2. The summed E-state index contributed by atoms with van der Waals surface area (Å²) in [6.07, 6.45) is 4.56. The highest BCUT2D eigenvalue weighted by Gasteiger charge is 2.08. The highest BCUT2D eigenvalue weighted by Crippen LogP contribution is 2.26. The van der Waals surface area contributed by atoms with Gasteiger partial charge < -0.3 is 14.6 Å². The molecule has 0 saturated heterocycles. The molecule has 0 radical (unpaired) electrons. The van der Waals surface area contributed by atoms with Crippen LogP contribution in [0.4, 0.5) is 16.0 Å². The predicted octanol–water partition coefficient (Wildman–Crippen LogP) is 3.87. The number of nitrogens with zero attached hydrogens (tertiary/aromatic N) is 2. The van der Waals surface area contributed by atoms with Gasteiger partial charge in [0.15, 0.2) is 0 Å². The summed E-state index contributed by atoms with van der Waals surface area (Å²) in [5.74, 6) is 0.471. The van der Waals surface area contributed by atoms with E-state index in [-0.39, 0.29) is 5.82 Å². The normalized spacial score (nSPS) is 10.8. The molecular weight excluding hydrogens is 325 g/mol. The van der Waals surface area contributed by atoms with Gasteiger partial charge in [-0.15, -0.1) is 0 Å². The van der Waals surface area contributed by atoms with E-state index in [0.29, 0.717) is 11.1 Å². The maximum atomic E-state index is 13.4. The number of nitrogens with one attached hydrogen (secondary N) is 1. The molecule has 2 aromatic rings. The van der Waals surface area contributed by atoms with Crippen LogP contribution >= 0.6 is 15.9 Å². The van der Waals surface area contributed by atoms with Gasteiger partial charge in [-0.25, -0.2) is 9.37 Å². The molecule has 6 heteroatoms. The number of benzene rings is 1. The minimum Gasteiger partial charge on any atom is -0.385 e. The molecule has 20 heavy (non-hydrogen) atoms. The summed E-state index contributed by atoms with van der Waals surface area (Å²) in [6.45, 7) is 3.38. The molecule has 1 aromatic heterocycles. The first-order valence-electron chi connectivity index (χ1n) is 6.34. The molecule has 0 unspecified atom stereocenters. The first kappa shape index (κ1) is 15.0. The molecule has 0 aliphatic carbocycles. The van der Waals surface area contributed by atoms with Gasteiger partial charge in [-0.1, -0.05) is 0 Å². The number of imidazole rings is 1. The summed E-state index contributed by atoms with van der Waals surface area (Å²) in [6, 6.07) is 3.21. The van der Waals surface area contributed by atoms with E-state index < -0.39 is 0 Å². The zero-order chi connectivity index (χ0) is 14.5. The van der Waals surface area contributed by atoms with Crippen molar-refractivity contribution in [2.75, 3.05) is 19.0 Å². The van der Waals surface area contributed by atoms with Gasteiger partial charge in [0, 0.05) is 38.3 Å². The largest absolute Gasteiger partial charge is 0.385 e. The van der Waals surface area contributed by atoms with E-state index in [1.807, 2.05) is 17.7 Å². The topological polar surface area (TPSA) is 39.1 Å². The Balaban J connectivity index is 2.14. The molecule has 4 nitrogen and oxygen atoms in total. The Kier molecular flexibility index (Phi) is 5.14. The first-order valence-corrected chi connectivity index (χ1v) is 7.14. The van der Waals surface area contributed by atoms with Crippen LogP contribution < -0.4 is 5.32 Å². The summed E-state index contributed by atoms with van der Waals surface area (Å²) in [5.41, 5.74) is 1.66. The molecule has 0 aliphatic heterocycles. The highest BCUT2D eigenvalue weighted by molar-refractivity contribution is 9.10. The van der Waals surface area contributed by atoms with Crippen LogP contribution in [0.5, 0.6) is 0 Å². The predicted molar refractivity (Wildman–Crippen MR) is 80.8 cm³/mol. The van der Waals surface area contributed by atoms with E-state index >= 15 is 0 Å². The molecule has 1 N–H and O–H groups in total. The third kappa shape index (κ3) is 3.58. The lowest BCUT2D eigenvalue weighted by Gasteiger charge is -2.12. The zero-order valence-electron chi connectivity index (χ0n) is 11.5. The fourth-order valence-electron chi connectivity index (χ4n) is 1.89. The van der Waals surface area contributed by atoms with Crippen molar-refractivity contribution >= 4 is 27.6 Å². The van der Waals surface area contributed by atoms with Gasteiger partial charge in [-0.2, -0.15) is 0 Å². The smallest absolute Gasteiger partial charge is 0.207 e. The van der Waals surface area contributed by atoms with E-state index in [4.69, 9.17) is 4.74 Å². The minimum atomic E-state index is -0.267. The van der Waals surface area contributed by atoms with Gasteiger partial charge in [0.25, 0.3) is 0 Å². The van der Waals surface area contributed by atoms with Crippen LogP contribution in [0.25, 0.3) is 0 Å². The van der Waals surface area contributed by atoms with Crippen LogP contribution in [-0.2, 0) is 11.3 Å². The number of halogens is 2. The van der Waals surface area contributed by atoms with E-state index in [0.717, 1.165) is 30.2 Å². The maximum absolute atomic E-state index is 13.4. The Labute approximate surface area is 126 Å². The van der Waals surface area contributed by atoms with Crippen molar-refractivity contribution < 1.29 is 9.13 Å². The van der Waals surface area contributed by atoms with E-state index in [1.54, 1.807) is 19.4 Å². The van der Waals surface area contributed by atoms with Crippen molar-refractivity contribution in [3.8, 4) is 0 Å². The zero-order valence-corrected chi connectivity index (χ0v) is 13.1. The van der Waals surface area contributed by atoms with Crippen LogP contribution in [-0.4, -0.2) is 23.3 Å². The second-order valence-corrected chi connectivity index (χ2v) is 5.35. The first-order chi connectivity index (χ1) is 9.61. The molecule has 0 saturated carbocycles. The van der Waals surface area contributed by atoms with Crippen LogP contribution in [0.2, 0.25) is 0 Å². The van der Waals surface area contributed by atoms with Gasteiger partial charge in [0.05, 0.1) is 4.47 Å². The molecule has 1 heterocycles. The summed E-state index contributed by atoms with van der Waals surface area (Å²) in [7, 11) is 1.69. The molecule has 0 spiro atoms. The van der Waals surface area contributed by atoms with Crippen molar-refractivity contribution in [1.29, 1.82) is 0 Å². The number of ether oxygens (including phenoxy) is 1.